The lowest BCUT2D eigenvalue weighted by Crippen LogP contribution is -2.29. The molecule has 0 aliphatic carbocycles. The highest BCUT2D eigenvalue weighted by atomic mass is 19.3. The predicted molar refractivity (Wildman–Crippen MR) is 114 cm³/mol. The van der Waals surface area contributed by atoms with Crippen LogP contribution in [0.15, 0.2) is 42.7 Å². The zero-order chi connectivity index (χ0) is 23.3. The van der Waals surface area contributed by atoms with Crippen LogP contribution in [0, 0.1) is 0 Å². The monoisotopic (exact) mass is 444 g/mol. The van der Waals surface area contributed by atoms with Crippen molar-refractivity contribution >= 4 is 35.4 Å². The Morgan fingerprint density at radius 1 is 1.09 bits per heavy atom. The molecule has 10 nitrogen and oxygen atoms in total. The van der Waals surface area contributed by atoms with Gasteiger partial charge in [0, 0.05) is 31.0 Å². The van der Waals surface area contributed by atoms with Crippen molar-refractivity contribution in [2.45, 2.75) is 32.7 Å². The van der Waals surface area contributed by atoms with E-state index in [1.807, 2.05) is 13.8 Å². The third-order valence-corrected chi connectivity index (χ3v) is 3.94. The van der Waals surface area contributed by atoms with Gasteiger partial charge in [0.05, 0.1) is 7.11 Å². The van der Waals surface area contributed by atoms with E-state index in [2.05, 4.69) is 35.6 Å². The Hall–Kier alpha value is -3.96. The van der Waals surface area contributed by atoms with Gasteiger partial charge in [-0.2, -0.15) is 28.6 Å². The highest BCUT2D eigenvalue weighted by Gasteiger charge is 2.27. The van der Waals surface area contributed by atoms with Gasteiger partial charge in [0.2, 0.25) is 17.8 Å². The van der Waals surface area contributed by atoms with Gasteiger partial charge in [0.25, 0.3) is 5.92 Å². The van der Waals surface area contributed by atoms with Gasteiger partial charge in [-0.3, -0.25) is 4.98 Å². The molecule has 0 spiro atoms. The smallest absolute Gasteiger partial charge is 0.422 e. The molecule has 168 valence electrons. The number of hydrogen-bond acceptors (Lipinski definition) is 9. The van der Waals surface area contributed by atoms with E-state index in [1.165, 1.54) is 31.6 Å². The van der Waals surface area contributed by atoms with Crippen molar-refractivity contribution in [3.05, 3.63) is 48.4 Å². The van der Waals surface area contributed by atoms with E-state index in [9.17, 15) is 13.6 Å². The molecular formula is C20H22F2N8O2. The number of amides is 1. The topological polar surface area (TPSA) is 118 Å². The van der Waals surface area contributed by atoms with E-state index in [0.717, 1.165) is 11.8 Å². The van der Waals surface area contributed by atoms with E-state index in [4.69, 9.17) is 4.74 Å². The number of halogens is 2. The van der Waals surface area contributed by atoms with Crippen molar-refractivity contribution in [3.63, 3.8) is 0 Å². The third-order valence-electron chi connectivity index (χ3n) is 3.94. The lowest BCUT2D eigenvalue weighted by Gasteiger charge is -2.20. The molecule has 32 heavy (non-hydrogen) atoms. The SMILES string of the molecule is COC(=O)N(c1ccccn1)c1nc(Nc2ccnc(C(C)(F)F)c2)nc(NC(C)C)n1. The molecule has 3 rings (SSSR count). The molecule has 0 aliphatic rings. The van der Waals surface area contributed by atoms with Crippen molar-refractivity contribution in [2.24, 2.45) is 0 Å². The maximum absolute atomic E-state index is 13.7. The molecule has 3 aromatic heterocycles. The number of nitrogens with zero attached hydrogens (tertiary/aromatic N) is 6. The van der Waals surface area contributed by atoms with Crippen LogP contribution in [0.5, 0.6) is 0 Å². The number of carbonyl (C=O) groups is 1. The molecule has 3 heterocycles. The number of anilines is 5. The van der Waals surface area contributed by atoms with Crippen LogP contribution < -0.4 is 15.5 Å². The molecule has 0 radical (unpaired) electrons. The summed E-state index contributed by atoms with van der Waals surface area (Å²) in [5.41, 5.74) is -0.131. The first-order valence-electron chi connectivity index (χ1n) is 9.60. The van der Waals surface area contributed by atoms with Crippen molar-refractivity contribution in [1.29, 1.82) is 0 Å². The first-order chi connectivity index (χ1) is 15.2. The summed E-state index contributed by atoms with van der Waals surface area (Å²) in [5, 5.41) is 5.90. The van der Waals surface area contributed by atoms with Gasteiger partial charge in [0.15, 0.2) is 0 Å². The maximum atomic E-state index is 13.7. The minimum absolute atomic E-state index is 0.0135. The second-order valence-corrected chi connectivity index (χ2v) is 7.02. The summed E-state index contributed by atoms with van der Waals surface area (Å²) in [6.45, 7) is 4.52. The van der Waals surface area contributed by atoms with E-state index in [0.29, 0.717) is 0 Å². The average molecular weight is 444 g/mol. The summed E-state index contributed by atoms with van der Waals surface area (Å²) in [7, 11) is 1.22. The second kappa shape index (κ2) is 9.45. The highest BCUT2D eigenvalue weighted by molar-refractivity contribution is 5.93. The van der Waals surface area contributed by atoms with Crippen LogP contribution in [0.4, 0.5) is 42.9 Å². The number of ether oxygens (including phenoxy) is 1. The molecule has 0 bridgehead atoms. The van der Waals surface area contributed by atoms with Gasteiger partial charge in [-0.05, 0) is 38.1 Å². The van der Waals surface area contributed by atoms with E-state index in [-0.39, 0.29) is 35.4 Å². The molecular weight excluding hydrogens is 422 g/mol. The number of carbonyl (C=O) groups excluding carboxylic acids is 1. The van der Waals surface area contributed by atoms with Crippen molar-refractivity contribution in [3.8, 4) is 0 Å². The standard InChI is InChI=1S/C20H22F2N8O2/c1-12(2)25-16-27-17(26-13-8-10-23-14(11-13)20(3,21)22)29-18(28-16)30(19(31)32-4)15-7-5-6-9-24-15/h5-12H,1-4H3,(H2,23,25,26,27,28,29). The van der Waals surface area contributed by atoms with Crippen LogP contribution in [0.2, 0.25) is 0 Å². The Labute approximate surface area is 183 Å². The summed E-state index contributed by atoms with van der Waals surface area (Å²) in [4.78, 5) is 34.3. The highest BCUT2D eigenvalue weighted by Crippen LogP contribution is 2.28. The van der Waals surface area contributed by atoms with Crippen LogP contribution in [-0.4, -0.2) is 44.2 Å². The number of alkyl halides is 2. The van der Waals surface area contributed by atoms with Crippen LogP contribution >= 0.6 is 0 Å². The molecule has 0 unspecified atom stereocenters. The molecule has 0 aliphatic heterocycles. The lowest BCUT2D eigenvalue weighted by molar-refractivity contribution is 0.0128. The summed E-state index contributed by atoms with van der Waals surface area (Å²) in [6.07, 6.45) is 1.98. The van der Waals surface area contributed by atoms with Crippen molar-refractivity contribution < 1.29 is 18.3 Å². The van der Waals surface area contributed by atoms with Crippen LogP contribution in [0.3, 0.4) is 0 Å². The normalized spacial score (nSPS) is 11.2. The van der Waals surface area contributed by atoms with Gasteiger partial charge >= 0.3 is 6.09 Å². The minimum atomic E-state index is -3.12. The van der Waals surface area contributed by atoms with Crippen molar-refractivity contribution in [1.82, 2.24) is 24.9 Å². The molecule has 3 aromatic rings. The Morgan fingerprint density at radius 2 is 1.84 bits per heavy atom. The zero-order valence-electron chi connectivity index (χ0n) is 17.9. The summed E-state index contributed by atoms with van der Waals surface area (Å²) in [5.74, 6) is -2.80. The average Bonchev–Trinajstić information content (AvgIpc) is 2.73. The molecule has 0 aromatic carbocycles. The van der Waals surface area contributed by atoms with Gasteiger partial charge in [0.1, 0.15) is 11.5 Å². The Bertz CT molecular complexity index is 1080. The van der Waals surface area contributed by atoms with Gasteiger partial charge < -0.3 is 15.4 Å². The first kappa shape index (κ1) is 22.7. The van der Waals surface area contributed by atoms with Crippen LogP contribution in [0.1, 0.15) is 26.5 Å². The molecule has 0 saturated carbocycles. The summed E-state index contributed by atoms with van der Waals surface area (Å²) in [6, 6.07) is 7.61. The summed E-state index contributed by atoms with van der Waals surface area (Å²) >= 11 is 0. The van der Waals surface area contributed by atoms with Gasteiger partial charge in [-0.25, -0.2) is 9.78 Å². The Kier molecular flexibility index (Phi) is 6.71. The van der Waals surface area contributed by atoms with Gasteiger partial charge in [-0.1, -0.05) is 6.07 Å². The number of pyridine rings is 2. The van der Waals surface area contributed by atoms with Crippen LogP contribution in [0.25, 0.3) is 0 Å². The minimum Gasteiger partial charge on any atom is -0.452 e. The second-order valence-electron chi connectivity index (χ2n) is 7.02. The lowest BCUT2D eigenvalue weighted by atomic mass is 10.2. The number of rotatable bonds is 7. The fraction of sp³-hybridized carbons (Fsp3) is 0.300. The van der Waals surface area contributed by atoms with E-state index in [1.54, 1.807) is 18.2 Å². The number of aromatic nitrogens is 5. The maximum Gasteiger partial charge on any atom is 0.422 e. The Morgan fingerprint density at radius 3 is 2.47 bits per heavy atom. The first-order valence-corrected chi connectivity index (χ1v) is 9.60. The molecule has 0 atom stereocenters. The van der Waals surface area contributed by atoms with Gasteiger partial charge in [-0.15, -0.1) is 0 Å². The molecule has 12 heteroatoms. The van der Waals surface area contributed by atoms with E-state index < -0.39 is 17.7 Å². The van der Waals surface area contributed by atoms with Crippen molar-refractivity contribution in [2.75, 3.05) is 22.6 Å². The number of methoxy groups -OCH3 is 1. The quantitative estimate of drug-likeness (QED) is 0.551. The fourth-order valence-corrected chi connectivity index (χ4v) is 2.58. The zero-order valence-corrected chi connectivity index (χ0v) is 17.9. The molecule has 2 N–H and O–H groups in total. The molecule has 1 amide bonds. The summed E-state index contributed by atoms with van der Waals surface area (Å²) < 4.78 is 32.2. The largest absolute Gasteiger partial charge is 0.452 e. The van der Waals surface area contributed by atoms with Crippen LogP contribution in [-0.2, 0) is 10.7 Å². The molecule has 0 fully saturated rings. The number of hydrogen-bond donors (Lipinski definition) is 2. The van der Waals surface area contributed by atoms with E-state index >= 15 is 0 Å². The Balaban J connectivity index is 2.06. The predicted octanol–water partition coefficient (Wildman–Crippen LogP) is 4.24. The third kappa shape index (κ3) is 5.59. The fourth-order valence-electron chi connectivity index (χ4n) is 2.58. The molecule has 0 saturated heterocycles. The number of nitrogens with one attached hydrogen (secondary N) is 2.